The molecule has 5 heteroatoms. The highest BCUT2D eigenvalue weighted by Crippen LogP contribution is 2.15. The normalized spacial score (nSPS) is 16.4. The fourth-order valence-corrected chi connectivity index (χ4v) is 1.85. The maximum atomic E-state index is 12.0. The van der Waals surface area contributed by atoms with E-state index in [1.54, 1.807) is 15.6 Å². The van der Waals surface area contributed by atoms with E-state index >= 15 is 0 Å². The molecule has 1 aromatic heterocycles. The number of likely N-dealkylation sites (tertiary alicyclic amines) is 1. The van der Waals surface area contributed by atoms with Crippen LogP contribution in [0.15, 0.2) is 12.3 Å². The number of carbonyl (C=O) groups excluding carboxylic acids is 1. The molecule has 17 heavy (non-hydrogen) atoms. The lowest BCUT2D eigenvalue weighted by molar-refractivity contribution is -0.0380. The average Bonchev–Trinajstić information content (AvgIpc) is 2.71. The Labute approximate surface area is 101 Å². The maximum Gasteiger partial charge on any atom is 0.274 e. The summed E-state index contributed by atoms with van der Waals surface area (Å²) in [4.78, 5) is 13.8. The molecular formula is C12H19N3O2. The molecule has 1 aromatic rings. The van der Waals surface area contributed by atoms with E-state index in [1.165, 1.54) is 0 Å². The molecule has 1 aliphatic rings. The van der Waals surface area contributed by atoms with Crippen LogP contribution in [0.5, 0.6) is 0 Å². The van der Waals surface area contributed by atoms with E-state index in [4.69, 9.17) is 4.74 Å². The van der Waals surface area contributed by atoms with E-state index in [2.05, 4.69) is 5.10 Å². The predicted octanol–water partition coefficient (Wildman–Crippen LogP) is 1.32. The summed E-state index contributed by atoms with van der Waals surface area (Å²) in [6.07, 6.45) is 2.05. The van der Waals surface area contributed by atoms with Crippen molar-refractivity contribution in [1.29, 1.82) is 0 Å². The third kappa shape index (κ3) is 2.49. The Bertz CT molecular complexity index is 394. The van der Waals surface area contributed by atoms with Gasteiger partial charge in [0.15, 0.2) is 0 Å². The van der Waals surface area contributed by atoms with Crippen LogP contribution in [0.4, 0.5) is 0 Å². The molecule has 2 rings (SSSR count). The Kier molecular flexibility index (Phi) is 3.47. The van der Waals surface area contributed by atoms with Crippen LogP contribution in [0, 0.1) is 0 Å². The van der Waals surface area contributed by atoms with E-state index in [9.17, 15) is 4.79 Å². The molecule has 2 heterocycles. The van der Waals surface area contributed by atoms with Gasteiger partial charge in [-0.3, -0.25) is 9.48 Å². The van der Waals surface area contributed by atoms with Gasteiger partial charge in [-0.25, -0.2) is 0 Å². The third-order valence-corrected chi connectivity index (χ3v) is 2.89. The monoisotopic (exact) mass is 237 g/mol. The second-order valence-corrected chi connectivity index (χ2v) is 4.56. The lowest BCUT2D eigenvalue weighted by atomic mass is 10.1. The Morgan fingerprint density at radius 1 is 1.59 bits per heavy atom. The van der Waals surface area contributed by atoms with E-state index < -0.39 is 0 Å². The second-order valence-electron chi connectivity index (χ2n) is 4.56. The summed E-state index contributed by atoms with van der Waals surface area (Å²) in [6, 6.07) is 2.06. The van der Waals surface area contributed by atoms with Crippen LogP contribution in [0.25, 0.3) is 0 Å². The van der Waals surface area contributed by atoms with Gasteiger partial charge in [-0.1, -0.05) is 0 Å². The van der Waals surface area contributed by atoms with Gasteiger partial charge in [0.2, 0.25) is 0 Å². The molecule has 0 aliphatic carbocycles. The first-order chi connectivity index (χ1) is 8.11. The highest BCUT2D eigenvalue weighted by atomic mass is 16.5. The molecule has 0 unspecified atom stereocenters. The van der Waals surface area contributed by atoms with E-state index in [0.717, 1.165) is 0 Å². The lowest BCUT2D eigenvalue weighted by Gasteiger charge is -2.38. The van der Waals surface area contributed by atoms with Crippen molar-refractivity contribution in [2.75, 3.05) is 19.7 Å². The van der Waals surface area contributed by atoms with Gasteiger partial charge in [-0.15, -0.1) is 0 Å². The number of aromatic nitrogens is 2. The van der Waals surface area contributed by atoms with Crippen molar-refractivity contribution in [1.82, 2.24) is 14.7 Å². The predicted molar refractivity (Wildman–Crippen MR) is 63.9 cm³/mol. The number of carbonyl (C=O) groups is 1. The number of ether oxygens (including phenoxy) is 1. The van der Waals surface area contributed by atoms with Crippen LogP contribution >= 0.6 is 0 Å². The zero-order valence-electron chi connectivity index (χ0n) is 10.6. The van der Waals surface area contributed by atoms with Crippen LogP contribution in [-0.4, -0.2) is 46.4 Å². The molecule has 0 aromatic carbocycles. The van der Waals surface area contributed by atoms with Crippen LogP contribution in [0.3, 0.4) is 0 Å². The SMILES string of the molecule is CCOC1CN(C(=O)c2ccn(C(C)C)n2)C1. The molecule has 0 atom stereocenters. The van der Waals surface area contributed by atoms with E-state index in [-0.39, 0.29) is 18.1 Å². The molecule has 1 fully saturated rings. The molecule has 0 bridgehead atoms. The van der Waals surface area contributed by atoms with Crippen molar-refractivity contribution >= 4 is 5.91 Å². The summed E-state index contributed by atoms with van der Waals surface area (Å²) in [5, 5.41) is 4.27. The van der Waals surface area contributed by atoms with Gasteiger partial charge in [0, 0.05) is 31.9 Å². The summed E-state index contributed by atoms with van der Waals surface area (Å²) < 4.78 is 7.22. The first kappa shape index (κ1) is 12.1. The van der Waals surface area contributed by atoms with Crippen molar-refractivity contribution in [2.24, 2.45) is 0 Å². The zero-order valence-corrected chi connectivity index (χ0v) is 10.6. The minimum atomic E-state index is 0.000327. The molecule has 0 spiro atoms. The molecule has 0 N–H and O–H groups in total. The molecule has 94 valence electrons. The topological polar surface area (TPSA) is 47.4 Å². The van der Waals surface area contributed by atoms with Gasteiger partial charge in [-0.05, 0) is 26.8 Å². The van der Waals surface area contributed by atoms with Gasteiger partial charge in [-0.2, -0.15) is 5.10 Å². The smallest absolute Gasteiger partial charge is 0.274 e. The summed E-state index contributed by atoms with van der Waals surface area (Å²) in [6.45, 7) is 8.11. The average molecular weight is 237 g/mol. The Hall–Kier alpha value is -1.36. The molecule has 0 saturated carbocycles. The van der Waals surface area contributed by atoms with Gasteiger partial charge < -0.3 is 9.64 Å². The van der Waals surface area contributed by atoms with Crippen molar-refractivity contribution in [3.8, 4) is 0 Å². The minimum Gasteiger partial charge on any atom is -0.375 e. The fourth-order valence-electron chi connectivity index (χ4n) is 1.85. The molecule has 1 saturated heterocycles. The number of hydrogen-bond acceptors (Lipinski definition) is 3. The van der Waals surface area contributed by atoms with Crippen LogP contribution in [0.1, 0.15) is 37.3 Å². The standard InChI is InChI=1S/C12H19N3O2/c1-4-17-10-7-14(8-10)12(16)11-5-6-15(13-11)9(2)3/h5-6,9-10H,4,7-8H2,1-3H3. The molecule has 1 aliphatic heterocycles. The highest BCUT2D eigenvalue weighted by molar-refractivity contribution is 5.92. The summed E-state index contributed by atoms with van der Waals surface area (Å²) in [5.41, 5.74) is 0.522. The van der Waals surface area contributed by atoms with E-state index in [1.807, 2.05) is 27.0 Å². The van der Waals surface area contributed by atoms with E-state index in [0.29, 0.717) is 25.4 Å². The Morgan fingerprint density at radius 3 is 2.82 bits per heavy atom. The number of nitrogens with zero attached hydrogens (tertiary/aromatic N) is 3. The molecule has 0 radical (unpaired) electrons. The van der Waals surface area contributed by atoms with Gasteiger partial charge >= 0.3 is 0 Å². The quantitative estimate of drug-likeness (QED) is 0.793. The Balaban J connectivity index is 1.92. The van der Waals surface area contributed by atoms with Crippen molar-refractivity contribution in [3.05, 3.63) is 18.0 Å². The third-order valence-electron chi connectivity index (χ3n) is 2.89. The summed E-state index contributed by atoms with van der Waals surface area (Å²) in [5.74, 6) is 0.000327. The number of rotatable bonds is 4. The van der Waals surface area contributed by atoms with Crippen LogP contribution in [0.2, 0.25) is 0 Å². The molecular weight excluding hydrogens is 218 g/mol. The first-order valence-electron chi connectivity index (χ1n) is 6.07. The number of amides is 1. The maximum absolute atomic E-state index is 12.0. The largest absolute Gasteiger partial charge is 0.375 e. The number of hydrogen-bond donors (Lipinski definition) is 0. The zero-order chi connectivity index (χ0) is 12.4. The van der Waals surface area contributed by atoms with Crippen LogP contribution in [-0.2, 0) is 4.74 Å². The second kappa shape index (κ2) is 4.87. The minimum absolute atomic E-state index is 0.000327. The Morgan fingerprint density at radius 2 is 2.29 bits per heavy atom. The molecule has 5 nitrogen and oxygen atoms in total. The lowest BCUT2D eigenvalue weighted by Crippen LogP contribution is -2.54. The highest BCUT2D eigenvalue weighted by Gasteiger charge is 2.32. The van der Waals surface area contributed by atoms with Gasteiger partial charge in [0.25, 0.3) is 5.91 Å². The first-order valence-corrected chi connectivity index (χ1v) is 6.07. The van der Waals surface area contributed by atoms with Crippen molar-refractivity contribution < 1.29 is 9.53 Å². The summed E-state index contributed by atoms with van der Waals surface area (Å²) >= 11 is 0. The fraction of sp³-hybridized carbons (Fsp3) is 0.667. The van der Waals surface area contributed by atoms with Gasteiger partial charge in [0.1, 0.15) is 5.69 Å². The summed E-state index contributed by atoms with van der Waals surface area (Å²) in [7, 11) is 0. The van der Waals surface area contributed by atoms with Crippen molar-refractivity contribution in [3.63, 3.8) is 0 Å². The van der Waals surface area contributed by atoms with Crippen LogP contribution < -0.4 is 0 Å². The van der Waals surface area contributed by atoms with Crippen molar-refractivity contribution in [2.45, 2.75) is 32.9 Å². The van der Waals surface area contributed by atoms with Gasteiger partial charge in [0.05, 0.1) is 6.10 Å². The molecule has 1 amide bonds.